The molecule has 156 valence electrons. The number of para-hydroxylation sites is 1. The van der Waals surface area contributed by atoms with Gasteiger partial charge in [0.15, 0.2) is 0 Å². The summed E-state index contributed by atoms with van der Waals surface area (Å²) in [7, 11) is 0. The molecule has 3 aromatic carbocycles. The number of H-pyrrole nitrogens is 1. The molecule has 1 atom stereocenters. The maximum atomic E-state index is 14.1. The number of hydrogen-bond acceptors (Lipinski definition) is 1. The Morgan fingerprint density at radius 3 is 2.68 bits per heavy atom. The third-order valence-corrected chi connectivity index (χ3v) is 6.09. The van der Waals surface area contributed by atoms with Crippen LogP contribution in [0, 0.1) is 12.7 Å². The molecule has 4 aromatic rings. The van der Waals surface area contributed by atoms with Crippen LogP contribution in [-0.2, 0) is 6.42 Å². The highest BCUT2D eigenvalue weighted by molar-refractivity contribution is 6.31. The summed E-state index contributed by atoms with van der Waals surface area (Å²) in [5.74, 6) is -0.458. The minimum atomic E-state index is -0.458. The minimum Gasteiger partial charge on any atom is -0.356 e. The molecular weight excluding hydrogens is 413 g/mol. The molecule has 2 N–H and O–H groups in total. The average Bonchev–Trinajstić information content (AvgIpc) is 3.13. The van der Waals surface area contributed by atoms with Gasteiger partial charge >= 0.3 is 6.03 Å². The Morgan fingerprint density at radius 1 is 1.13 bits per heavy atom. The molecule has 0 unspecified atom stereocenters. The predicted molar refractivity (Wildman–Crippen MR) is 122 cm³/mol. The van der Waals surface area contributed by atoms with E-state index >= 15 is 0 Å². The van der Waals surface area contributed by atoms with E-state index in [0.29, 0.717) is 18.0 Å². The molecule has 1 aliphatic heterocycles. The number of anilines is 1. The third-order valence-electron chi connectivity index (χ3n) is 5.86. The number of amides is 2. The van der Waals surface area contributed by atoms with E-state index in [1.807, 2.05) is 49.4 Å². The van der Waals surface area contributed by atoms with Crippen molar-refractivity contribution in [3.8, 4) is 0 Å². The fourth-order valence-corrected chi connectivity index (χ4v) is 4.50. The van der Waals surface area contributed by atoms with Crippen LogP contribution in [0.3, 0.4) is 0 Å². The Labute approximate surface area is 184 Å². The second-order valence-corrected chi connectivity index (χ2v) is 8.31. The fraction of sp³-hybridized carbons (Fsp3) is 0.160. The zero-order valence-corrected chi connectivity index (χ0v) is 17.7. The van der Waals surface area contributed by atoms with Gasteiger partial charge in [0.05, 0.1) is 11.7 Å². The molecule has 0 radical (unpaired) electrons. The first-order chi connectivity index (χ1) is 15.0. The van der Waals surface area contributed by atoms with Crippen LogP contribution in [0.4, 0.5) is 14.9 Å². The summed E-state index contributed by atoms with van der Waals surface area (Å²) in [6.07, 6.45) is 0.683. The quantitative estimate of drug-likeness (QED) is 0.375. The van der Waals surface area contributed by atoms with Gasteiger partial charge in [-0.1, -0.05) is 53.6 Å². The monoisotopic (exact) mass is 433 g/mol. The first kappa shape index (κ1) is 19.6. The van der Waals surface area contributed by atoms with E-state index in [2.05, 4.69) is 10.3 Å². The lowest BCUT2D eigenvalue weighted by atomic mass is 9.92. The Bertz CT molecular complexity index is 1280. The van der Waals surface area contributed by atoms with Gasteiger partial charge < -0.3 is 15.2 Å². The molecule has 6 heteroatoms. The molecule has 2 heterocycles. The number of nitrogens with one attached hydrogen (secondary N) is 2. The van der Waals surface area contributed by atoms with Crippen LogP contribution in [0.1, 0.15) is 28.4 Å². The highest BCUT2D eigenvalue weighted by Gasteiger charge is 2.34. The zero-order chi connectivity index (χ0) is 21.5. The molecule has 0 fully saturated rings. The number of aromatic nitrogens is 1. The number of aryl methyl sites for hydroxylation is 1. The number of benzene rings is 3. The van der Waals surface area contributed by atoms with Crippen LogP contribution in [0.15, 0.2) is 66.7 Å². The second kappa shape index (κ2) is 7.75. The van der Waals surface area contributed by atoms with Gasteiger partial charge in [-0.2, -0.15) is 0 Å². The highest BCUT2D eigenvalue weighted by Crippen LogP contribution is 2.39. The van der Waals surface area contributed by atoms with E-state index in [9.17, 15) is 9.18 Å². The van der Waals surface area contributed by atoms with Crippen LogP contribution in [-0.4, -0.2) is 22.5 Å². The topological polar surface area (TPSA) is 48.1 Å². The predicted octanol–water partition coefficient (Wildman–Crippen LogP) is 6.45. The van der Waals surface area contributed by atoms with Gasteiger partial charge in [-0.3, -0.25) is 0 Å². The molecule has 0 saturated heterocycles. The molecule has 0 aliphatic carbocycles. The van der Waals surface area contributed by atoms with Crippen molar-refractivity contribution in [2.75, 3.05) is 11.9 Å². The molecule has 31 heavy (non-hydrogen) atoms. The van der Waals surface area contributed by atoms with Gasteiger partial charge in [0, 0.05) is 28.2 Å². The number of rotatable bonds is 2. The molecule has 2 amide bonds. The number of nitrogens with zero attached hydrogens (tertiary/aromatic N) is 1. The normalized spacial score (nSPS) is 15.7. The van der Waals surface area contributed by atoms with Gasteiger partial charge in [0.25, 0.3) is 0 Å². The number of urea groups is 1. The first-order valence-corrected chi connectivity index (χ1v) is 10.6. The van der Waals surface area contributed by atoms with Crippen LogP contribution >= 0.6 is 11.6 Å². The van der Waals surface area contributed by atoms with Crippen molar-refractivity contribution in [2.45, 2.75) is 19.4 Å². The van der Waals surface area contributed by atoms with Crippen LogP contribution < -0.4 is 5.32 Å². The lowest BCUT2D eigenvalue weighted by Crippen LogP contribution is -2.43. The van der Waals surface area contributed by atoms with Crippen molar-refractivity contribution >= 4 is 34.2 Å². The fourth-order valence-electron chi connectivity index (χ4n) is 4.32. The van der Waals surface area contributed by atoms with E-state index < -0.39 is 5.82 Å². The Balaban J connectivity index is 1.60. The lowest BCUT2D eigenvalue weighted by Gasteiger charge is -2.36. The number of fused-ring (bicyclic) bond motifs is 3. The van der Waals surface area contributed by atoms with Crippen molar-refractivity contribution in [3.05, 3.63) is 100.0 Å². The number of halogens is 2. The summed E-state index contributed by atoms with van der Waals surface area (Å²) in [4.78, 5) is 18.5. The van der Waals surface area contributed by atoms with Gasteiger partial charge in [0.1, 0.15) is 5.82 Å². The van der Waals surface area contributed by atoms with Crippen molar-refractivity contribution in [2.24, 2.45) is 0 Å². The maximum absolute atomic E-state index is 14.1. The summed E-state index contributed by atoms with van der Waals surface area (Å²) in [6.45, 7) is 2.54. The van der Waals surface area contributed by atoms with Crippen molar-refractivity contribution < 1.29 is 9.18 Å². The molecule has 0 bridgehead atoms. The first-order valence-electron chi connectivity index (χ1n) is 10.2. The van der Waals surface area contributed by atoms with E-state index in [4.69, 9.17) is 11.6 Å². The Kier molecular flexibility index (Phi) is 4.91. The molecule has 4 nitrogen and oxygen atoms in total. The van der Waals surface area contributed by atoms with Crippen LogP contribution in [0.2, 0.25) is 5.02 Å². The largest absolute Gasteiger partial charge is 0.356 e. The number of carbonyl (C=O) groups excluding carboxylic acids is 1. The lowest BCUT2D eigenvalue weighted by molar-refractivity contribution is 0.193. The summed E-state index contributed by atoms with van der Waals surface area (Å²) >= 11 is 6.25. The summed E-state index contributed by atoms with van der Waals surface area (Å²) in [5.41, 5.74) is 5.43. The molecule has 1 aromatic heterocycles. The van der Waals surface area contributed by atoms with Crippen LogP contribution in [0.25, 0.3) is 10.9 Å². The number of aromatic amines is 1. The molecule has 1 aliphatic rings. The minimum absolute atomic E-state index is 0.171. The number of hydrogen-bond donors (Lipinski definition) is 2. The van der Waals surface area contributed by atoms with Gasteiger partial charge in [-0.25, -0.2) is 9.18 Å². The summed E-state index contributed by atoms with van der Waals surface area (Å²) < 4.78 is 14.1. The van der Waals surface area contributed by atoms with E-state index in [-0.39, 0.29) is 17.8 Å². The van der Waals surface area contributed by atoms with Crippen LogP contribution in [0.5, 0.6) is 0 Å². The van der Waals surface area contributed by atoms with Crippen molar-refractivity contribution in [1.82, 2.24) is 9.88 Å². The zero-order valence-electron chi connectivity index (χ0n) is 17.0. The third kappa shape index (κ3) is 3.55. The van der Waals surface area contributed by atoms with Gasteiger partial charge in [0.2, 0.25) is 0 Å². The smallest absolute Gasteiger partial charge is 0.322 e. The van der Waals surface area contributed by atoms with Crippen molar-refractivity contribution in [1.29, 1.82) is 0 Å². The van der Waals surface area contributed by atoms with E-state index in [1.54, 1.807) is 23.1 Å². The van der Waals surface area contributed by atoms with Crippen molar-refractivity contribution in [3.63, 3.8) is 0 Å². The maximum Gasteiger partial charge on any atom is 0.322 e. The number of carbonyl (C=O) groups is 1. The second-order valence-electron chi connectivity index (χ2n) is 7.87. The van der Waals surface area contributed by atoms with E-state index in [1.165, 1.54) is 6.07 Å². The molecule has 0 spiro atoms. The van der Waals surface area contributed by atoms with Gasteiger partial charge in [-0.05, 0) is 54.8 Å². The summed E-state index contributed by atoms with van der Waals surface area (Å²) in [5, 5.41) is 4.50. The van der Waals surface area contributed by atoms with Gasteiger partial charge in [-0.15, -0.1) is 0 Å². The Morgan fingerprint density at radius 2 is 1.90 bits per heavy atom. The van der Waals surface area contributed by atoms with E-state index in [0.717, 1.165) is 33.3 Å². The standard InChI is InChI=1S/C25H21ClFN3O/c1-15-6-8-16(9-7-15)24-23-18(19-14-17(26)10-11-21(19)28-23)12-13-30(24)25(31)29-22-5-3-2-4-20(22)27/h2-11,14,24,28H,12-13H2,1H3,(H,29,31)/t24-/m0/s1. The average molecular weight is 434 g/mol. The molecule has 5 rings (SSSR count). The Hall–Kier alpha value is -3.31. The molecule has 0 saturated carbocycles. The highest BCUT2D eigenvalue weighted by atomic mass is 35.5. The SMILES string of the molecule is Cc1ccc([C@H]2c3[nH]c4ccc(Cl)cc4c3CCN2C(=O)Nc2ccccc2F)cc1. The summed E-state index contributed by atoms with van der Waals surface area (Å²) in [6, 6.07) is 19.5. The molecular formula is C25H21ClFN3O.